The second-order valence-electron chi connectivity index (χ2n) is 4.95. The molecule has 0 radical (unpaired) electrons. The Bertz CT molecular complexity index is 535. The Morgan fingerprint density at radius 2 is 1.90 bits per heavy atom. The van der Waals surface area contributed by atoms with Crippen LogP contribution in [0.5, 0.6) is 17.2 Å². The molecule has 0 aromatic heterocycles. The van der Waals surface area contributed by atoms with Crippen molar-refractivity contribution >= 4 is 12.0 Å². The minimum atomic E-state index is -0.0984. The number of benzene rings is 1. The van der Waals surface area contributed by atoms with Crippen LogP contribution in [0.25, 0.3) is 6.08 Å². The molecular formula is C16H21NO4. The van der Waals surface area contributed by atoms with E-state index in [0.29, 0.717) is 23.2 Å². The number of nitrogens with one attached hydrogen (secondary N) is 1. The van der Waals surface area contributed by atoms with Crippen molar-refractivity contribution in [2.45, 2.75) is 12.8 Å². The van der Waals surface area contributed by atoms with Crippen LogP contribution in [0, 0.1) is 5.92 Å². The summed E-state index contributed by atoms with van der Waals surface area (Å²) < 4.78 is 15.9. The Hall–Kier alpha value is -2.17. The zero-order valence-electron chi connectivity index (χ0n) is 12.6. The van der Waals surface area contributed by atoms with Crippen LogP contribution in [0.15, 0.2) is 18.2 Å². The lowest BCUT2D eigenvalue weighted by Crippen LogP contribution is -2.23. The van der Waals surface area contributed by atoms with Crippen molar-refractivity contribution in [1.29, 1.82) is 0 Å². The first-order chi connectivity index (χ1) is 10.2. The third kappa shape index (κ3) is 3.90. The fraction of sp³-hybridized carbons (Fsp3) is 0.438. The number of methoxy groups -OCH3 is 3. The zero-order chi connectivity index (χ0) is 15.2. The summed E-state index contributed by atoms with van der Waals surface area (Å²) in [5.41, 5.74) is 0.761. The van der Waals surface area contributed by atoms with E-state index in [4.69, 9.17) is 14.2 Å². The van der Waals surface area contributed by atoms with Gasteiger partial charge in [0.1, 0.15) is 0 Å². The number of hydrogen-bond donors (Lipinski definition) is 1. The molecule has 1 aliphatic carbocycles. The number of rotatable bonds is 7. The van der Waals surface area contributed by atoms with E-state index in [9.17, 15) is 4.79 Å². The van der Waals surface area contributed by atoms with E-state index in [-0.39, 0.29) is 5.91 Å². The summed E-state index contributed by atoms with van der Waals surface area (Å²) in [5, 5.41) is 2.88. The zero-order valence-corrected chi connectivity index (χ0v) is 12.6. The molecule has 21 heavy (non-hydrogen) atoms. The van der Waals surface area contributed by atoms with E-state index >= 15 is 0 Å². The van der Waals surface area contributed by atoms with Crippen molar-refractivity contribution in [2.75, 3.05) is 27.9 Å². The summed E-state index contributed by atoms with van der Waals surface area (Å²) in [5.74, 6) is 2.21. The summed E-state index contributed by atoms with van der Waals surface area (Å²) in [6, 6.07) is 3.61. The van der Waals surface area contributed by atoms with Gasteiger partial charge in [-0.05, 0) is 37.0 Å². The van der Waals surface area contributed by atoms with E-state index in [1.807, 2.05) is 6.07 Å². The van der Waals surface area contributed by atoms with Crippen molar-refractivity contribution in [3.8, 4) is 17.2 Å². The lowest BCUT2D eigenvalue weighted by atomic mass is 10.1. The Morgan fingerprint density at radius 3 is 2.48 bits per heavy atom. The van der Waals surface area contributed by atoms with Gasteiger partial charge in [-0.3, -0.25) is 4.79 Å². The maximum Gasteiger partial charge on any atom is 0.244 e. The molecule has 0 spiro atoms. The van der Waals surface area contributed by atoms with Crippen LogP contribution in [0.1, 0.15) is 18.4 Å². The molecule has 1 aromatic rings. The van der Waals surface area contributed by atoms with Crippen LogP contribution >= 0.6 is 0 Å². The summed E-state index contributed by atoms with van der Waals surface area (Å²) in [6.07, 6.45) is 5.65. The first-order valence-corrected chi connectivity index (χ1v) is 6.94. The quantitative estimate of drug-likeness (QED) is 0.783. The van der Waals surface area contributed by atoms with E-state index < -0.39 is 0 Å². The molecule has 1 aromatic carbocycles. The normalized spacial score (nSPS) is 14.0. The molecule has 1 aliphatic rings. The SMILES string of the molecule is COc1ccc(C=CC(=O)NCC2CC2)c(OC)c1OC. The summed E-state index contributed by atoms with van der Waals surface area (Å²) in [7, 11) is 4.68. The number of amides is 1. The minimum Gasteiger partial charge on any atom is -0.493 e. The molecule has 1 fully saturated rings. The Kier molecular flexibility index (Phi) is 5.09. The molecule has 1 saturated carbocycles. The maximum absolute atomic E-state index is 11.7. The van der Waals surface area contributed by atoms with Gasteiger partial charge >= 0.3 is 0 Å². The molecule has 0 atom stereocenters. The second-order valence-corrected chi connectivity index (χ2v) is 4.95. The van der Waals surface area contributed by atoms with Gasteiger partial charge in [0.05, 0.1) is 21.3 Å². The predicted molar refractivity (Wildman–Crippen MR) is 80.9 cm³/mol. The first kappa shape index (κ1) is 15.2. The molecule has 114 valence electrons. The molecule has 2 rings (SSSR count). The lowest BCUT2D eigenvalue weighted by molar-refractivity contribution is -0.116. The molecule has 5 heteroatoms. The average Bonchev–Trinajstić information content (AvgIpc) is 3.33. The highest BCUT2D eigenvalue weighted by atomic mass is 16.5. The monoisotopic (exact) mass is 291 g/mol. The number of hydrogen-bond acceptors (Lipinski definition) is 4. The topological polar surface area (TPSA) is 56.8 Å². The second kappa shape index (κ2) is 7.02. The van der Waals surface area contributed by atoms with Crippen LogP contribution in [-0.4, -0.2) is 33.8 Å². The van der Waals surface area contributed by atoms with Crippen LogP contribution in [-0.2, 0) is 4.79 Å². The van der Waals surface area contributed by atoms with Crippen LogP contribution < -0.4 is 19.5 Å². The van der Waals surface area contributed by atoms with Gasteiger partial charge in [0.25, 0.3) is 0 Å². The van der Waals surface area contributed by atoms with Gasteiger partial charge in [-0.1, -0.05) is 0 Å². The van der Waals surface area contributed by atoms with Crippen molar-refractivity contribution in [3.05, 3.63) is 23.8 Å². The number of carbonyl (C=O) groups is 1. The molecule has 5 nitrogen and oxygen atoms in total. The molecule has 0 saturated heterocycles. The molecule has 1 N–H and O–H groups in total. The standard InChI is InChI=1S/C16H21NO4/c1-19-13-8-6-12(15(20-2)16(13)21-3)7-9-14(18)17-10-11-4-5-11/h6-9,11H,4-5,10H2,1-3H3,(H,17,18). The Balaban J connectivity index is 2.12. The molecular weight excluding hydrogens is 270 g/mol. The number of ether oxygens (including phenoxy) is 3. The fourth-order valence-electron chi connectivity index (χ4n) is 2.05. The van der Waals surface area contributed by atoms with Crippen molar-refractivity contribution in [2.24, 2.45) is 5.92 Å². The highest BCUT2D eigenvalue weighted by Gasteiger charge is 2.21. The van der Waals surface area contributed by atoms with Gasteiger partial charge in [-0.2, -0.15) is 0 Å². The van der Waals surface area contributed by atoms with E-state index in [1.54, 1.807) is 33.5 Å². The van der Waals surface area contributed by atoms with Gasteiger partial charge < -0.3 is 19.5 Å². The van der Waals surface area contributed by atoms with Gasteiger partial charge in [0.15, 0.2) is 11.5 Å². The Morgan fingerprint density at radius 1 is 1.19 bits per heavy atom. The highest BCUT2D eigenvalue weighted by Crippen LogP contribution is 2.40. The van der Waals surface area contributed by atoms with Gasteiger partial charge in [0.2, 0.25) is 11.7 Å². The maximum atomic E-state index is 11.7. The smallest absolute Gasteiger partial charge is 0.244 e. The lowest BCUT2D eigenvalue weighted by Gasteiger charge is -2.13. The first-order valence-electron chi connectivity index (χ1n) is 6.94. The molecule has 0 unspecified atom stereocenters. The van der Waals surface area contributed by atoms with Crippen LogP contribution in [0.2, 0.25) is 0 Å². The van der Waals surface area contributed by atoms with Crippen LogP contribution in [0.3, 0.4) is 0 Å². The van der Waals surface area contributed by atoms with E-state index in [0.717, 1.165) is 12.1 Å². The highest BCUT2D eigenvalue weighted by molar-refractivity contribution is 5.92. The molecule has 0 bridgehead atoms. The minimum absolute atomic E-state index is 0.0984. The fourth-order valence-corrected chi connectivity index (χ4v) is 2.05. The summed E-state index contributed by atoms with van der Waals surface area (Å²) in [6.45, 7) is 0.756. The molecule has 0 heterocycles. The number of carbonyl (C=O) groups excluding carboxylic acids is 1. The summed E-state index contributed by atoms with van der Waals surface area (Å²) >= 11 is 0. The molecule has 0 aliphatic heterocycles. The Labute approximate surface area is 124 Å². The van der Waals surface area contributed by atoms with Gasteiger partial charge in [-0.15, -0.1) is 0 Å². The largest absolute Gasteiger partial charge is 0.493 e. The third-order valence-electron chi connectivity index (χ3n) is 3.41. The third-order valence-corrected chi connectivity index (χ3v) is 3.41. The summed E-state index contributed by atoms with van der Waals surface area (Å²) in [4.78, 5) is 11.7. The van der Waals surface area contributed by atoms with Crippen LogP contribution in [0.4, 0.5) is 0 Å². The molecule has 1 amide bonds. The van der Waals surface area contributed by atoms with E-state index in [2.05, 4.69) is 5.32 Å². The van der Waals surface area contributed by atoms with Crippen molar-refractivity contribution in [3.63, 3.8) is 0 Å². The average molecular weight is 291 g/mol. The van der Waals surface area contributed by atoms with Crippen molar-refractivity contribution < 1.29 is 19.0 Å². The predicted octanol–water partition coefficient (Wildman–Crippen LogP) is 2.25. The van der Waals surface area contributed by atoms with E-state index in [1.165, 1.54) is 18.9 Å². The van der Waals surface area contributed by atoms with Gasteiger partial charge in [-0.25, -0.2) is 0 Å². The van der Waals surface area contributed by atoms with Crippen molar-refractivity contribution in [1.82, 2.24) is 5.32 Å². The van der Waals surface area contributed by atoms with Gasteiger partial charge in [0, 0.05) is 18.2 Å².